The molecule has 0 spiro atoms. The molecular formula is C12H28N2O. The molecule has 0 fully saturated rings. The van der Waals surface area contributed by atoms with Crippen molar-refractivity contribution >= 4 is 0 Å². The van der Waals surface area contributed by atoms with Crippen molar-refractivity contribution in [2.24, 2.45) is 5.92 Å². The van der Waals surface area contributed by atoms with Gasteiger partial charge in [-0.25, -0.2) is 0 Å². The van der Waals surface area contributed by atoms with Crippen LogP contribution in [0, 0.1) is 5.92 Å². The molecule has 3 nitrogen and oxygen atoms in total. The summed E-state index contributed by atoms with van der Waals surface area (Å²) in [5.74, 6) is 0.694. The van der Waals surface area contributed by atoms with Crippen LogP contribution in [-0.4, -0.2) is 48.8 Å². The lowest BCUT2D eigenvalue weighted by molar-refractivity contribution is 0.165. The fourth-order valence-electron chi connectivity index (χ4n) is 1.73. The summed E-state index contributed by atoms with van der Waals surface area (Å²) in [6.45, 7) is 11.4. The third kappa shape index (κ3) is 6.88. The molecule has 0 aliphatic carbocycles. The highest BCUT2D eigenvalue weighted by atomic mass is 16.3. The number of hydrogen-bond donors (Lipinski definition) is 2. The zero-order chi connectivity index (χ0) is 11.8. The second-order valence-corrected chi connectivity index (χ2v) is 4.94. The van der Waals surface area contributed by atoms with Gasteiger partial charge in [0.15, 0.2) is 0 Å². The molecule has 2 N–H and O–H groups in total. The average molecular weight is 216 g/mol. The summed E-state index contributed by atoms with van der Waals surface area (Å²) in [6.07, 6.45) is 0.831. The van der Waals surface area contributed by atoms with Crippen molar-refractivity contribution in [2.75, 3.05) is 26.7 Å². The predicted octanol–water partition coefficient (Wildman–Crippen LogP) is 1.32. The molecule has 1 atom stereocenters. The van der Waals surface area contributed by atoms with Crippen molar-refractivity contribution in [2.45, 2.75) is 46.2 Å². The van der Waals surface area contributed by atoms with Gasteiger partial charge in [-0.05, 0) is 33.2 Å². The van der Waals surface area contributed by atoms with E-state index in [9.17, 15) is 0 Å². The number of likely N-dealkylation sites (N-methyl/N-ethyl adjacent to an activating group) is 1. The van der Waals surface area contributed by atoms with Crippen LogP contribution < -0.4 is 5.32 Å². The number of nitrogens with zero attached hydrogens (tertiary/aromatic N) is 1. The van der Waals surface area contributed by atoms with Gasteiger partial charge in [0, 0.05) is 31.8 Å². The molecule has 0 radical (unpaired) electrons. The highest BCUT2D eigenvalue weighted by molar-refractivity contribution is 4.73. The van der Waals surface area contributed by atoms with Crippen LogP contribution in [0.3, 0.4) is 0 Å². The van der Waals surface area contributed by atoms with Gasteiger partial charge in [-0.3, -0.25) is 4.90 Å². The van der Waals surface area contributed by atoms with Crippen molar-refractivity contribution in [3.63, 3.8) is 0 Å². The molecule has 1 unspecified atom stereocenters. The summed E-state index contributed by atoms with van der Waals surface area (Å²) >= 11 is 0. The highest BCUT2D eigenvalue weighted by Crippen LogP contribution is 2.06. The summed E-state index contributed by atoms with van der Waals surface area (Å²) in [6, 6.07) is 0.970. The molecule has 92 valence electrons. The van der Waals surface area contributed by atoms with Crippen LogP contribution in [0.2, 0.25) is 0 Å². The van der Waals surface area contributed by atoms with Crippen molar-refractivity contribution in [3.8, 4) is 0 Å². The standard InChI is InChI=1S/C12H28N2O/c1-10(2)8-14(11(3)4)9-12(13-5)6-7-15/h10-13,15H,6-9H2,1-5H3. The fourth-order valence-corrected chi connectivity index (χ4v) is 1.73. The maximum Gasteiger partial charge on any atom is 0.0446 e. The lowest BCUT2D eigenvalue weighted by Gasteiger charge is -2.31. The van der Waals surface area contributed by atoms with E-state index in [-0.39, 0.29) is 6.61 Å². The topological polar surface area (TPSA) is 35.5 Å². The van der Waals surface area contributed by atoms with Gasteiger partial charge in [-0.2, -0.15) is 0 Å². The van der Waals surface area contributed by atoms with E-state index in [0.29, 0.717) is 18.0 Å². The minimum atomic E-state index is 0.263. The van der Waals surface area contributed by atoms with E-state index in [0.717, 1.165) is 19.5 Å². The SMILES string of the molecule is CNC(CCO)CN(CC(C)C)C(C)C. The first-order chi connectivity index (χ1) is 7.01. The maximum atomic E-state index is 8.94. The van der Waals surface area contributed by atoms with Gasteiger partial charge < -0.3 is 10.4 Å². The van der Waals surface area contributed by atoms with Crippen molar-refractivity contribution < 1.29 is 5.11 Å². The molecule has 0 saturated heterocycles. The third-order valence-corrected chi connectivity index (χ3v) is 2.67. The Morgan fingerprint density at radius 2 is 1.73 bits per heavy atom. The van der Waals surface area contributed by atoms with Crippen LogP contribution in [0.25, 0.3) is 0 Å². The summed E-state index contributed by atoms with van der Waals surface area (Å²) in [5, 5.41) is 12.2. The Bertz CT molecular complexity index is 149. The predicted molar refractivity (Wildman–Crippen MR) is 66.1 cm³/mol. The molecule has 0 rings (SSSR count). The molecular weight excluding hydrogens is 188 g/mol. The molecule has 0 aromatic rings. The van der Waals surface area contributed by atoms with Crippen molar-refractivity contribution in [1.29, 1.82) is 0 Å². The highest BCUT2D eigenvalue weighted by Gasteiger charge is 2.15. The van der Waals surface area contributed by atoms with E-state index in [1.165, 1.54) is 0 Å². The minimum Gasteiger partial charge on any atom is -0.396 e. The van der Waals surface area contributed by atoms with E-state index < -0.39 is 0 Å². The van der Waals surface area contributed by atoms with Crippen LogP contribution in [0.5, 0.6) is 0 Å². The Balaban J connectivity index is 4.12. The van der Waals surface area contributed by atoms with Gasteiger partial charge in [-0.1, -0.05) is 13.8 Å². The Morgan fingerprint density at radius 3 is 2.07 bits per heavy atom. The number of aliphatic hydroxyl groups excluding tert-OH is 1. The molecule has 0 aliphatic heterocycles. The monoisotopic (exact) mass is 216 g/mol. The molecule has 0 aromatic carbocycles. The van der Waals surface area contributed by atoms with Crippen molar-refractivity contribution in [1.82, 2.24) is 10.2 Å². The summed E-state index contributed by atoms with van der Waals surface area (Å²) < 4.78 is 0. The number of nitrogens with one attached hydrogen (secondary N) is 1. The van der Waals surface area contributed by atoms with Crippen LogP contribution in [-0.2, 0) is 0 Å². The Morgan fingerprint density at radius 1 is 1.13 bits per heavy atom. The summed E-state index contributed by atoms with van der Waals surface area (Å²) in [4.78, 5) is 2.47. The largest absolute Gasteiger partial charge is 0.396 e. The van der Waals surface area contributed by atoms with E-state index in [1.54, 1.807) is 0 Å². The molecule has 15 heavy (non-hydrogen) atoms. The van der Waals surface area contributed by atoms with Crippen molar-refractivity contribution in [3.05, 3.63) is 0 Å². The van der Waals surface area contributed by atoms with Crippen LogP contribution in [0.15, 0.2) is 0 Å². The van der Waals surface area contributed by atoms with Gasteiger partial charge >= 0.3 is 0 Å². The van der Waals surface area contributed by atoms with Gasteiger partial charge in [0.05, 0.1) is 0 Å². The first-order valence-electron chi connectivity index (χ1n) is 6.03. The number of hydrogen-bond acceptors (Lipinski definition) is 3. The molecule has 3 heteroatoms. The van der Waals surface area contributed by atoms with E-state index in [2.05, 4.69) is 37.9 Å². The smallest absolute Gasteiger partial charge is 0.0446 e. The first-order valence-corrected chi connectivity index (χ1v) is 6.03. The van der Waals surface area contributed by atoms with E-state index in [4.69, 9.17) is 5.11 Å². The van der Waals surface area contributed by atoms with Crippen LogP contribution in [0.1, 0.15) is 34.1 Å². The number of aliphatic hydroxyl groups is 1. The molecule has 0 amide bonds. The van der Waals surface area contributed by atoms with E-state index >= 15 is 0 Å². The third-order valence-electron chi connectivity index (χ3n) is 2.67. The Labute approximate surface area is 94.9 Å². The zero-order valence-electron chi connectivity index (χ0n) is 11.0. The lowest BCUT2D eigenvalue weighted by Crippen LogP contribution is -2.44. The fraction of sp³-hybridized carbons (Fsp3) is 1.00. The molecule has 0 aromatic heterocycles. The molecule has 0 aliphatic rings. The zero-order valence-corrected chi connectivity index (χ0v) is 11.0. The van der Waals surface area contributed by atoms with Gasteiger partial charge in [0.25, 0.3) is 0 Å². The quantitative estimate of drug-likeness (QED) is 0.642. The van der Waals surface area contributed by atoms with Gasteiger partial charge in [0.1, 0.15) is 0 Å². The lowest BCUT2D eigenvalue weighted by atomic mass is 10.1. The maximum absolute atomic E-state index is 8.94. The number of rotatable bonds is 8. The average Bonchev–Trinajstić information content (AvgIpc) is 2.14. The molecule has 0 bridgehead atoms. The van der Waals surface area contributed by atoms with Crippen LogP contribution >= 0.6 is 0 Å². The Hall–Kier alpha value is -0.120. The van der Waals surface area contributed by atoms with Crippen LogP contribution in [0.4, 0.5) is 0 Å². The molecule has 0 heterocycles. The second kappa shape index (κ2) is 8.08. The molecule has 0 saturated carbocycles. The minimum absolute atomic E-state index is 0.263. The normalized spacial score (nSPS) is 14.2. The van der Waals surface area contributed by atoms with E-state index in [1.807, 2.05) is 7.05 Å². The second-order valence-electron chi connectivity index (χ2n) is 4.94. The Kier molecular flexibility index (Phi) is 8.02. The first kappa shape index (κ1) is 14.9. The van der Waals surface area contributed by atoms with Gasteiger partial charge in [0.2, 0.25) is 0 Å². The van der Waals surface area contributed by atoms with Gasteiger partial charge in [-0.15, -0.1) is 0 Å². The summed E-state index contributed by atoms with van der Waals surface area (Å²) in [5.41, 5.74) is 0. The summed E-state index contributed by atoms with van der Waals surface area (Å²) in [7, 11) is 1.97.